The van der Waals surface area contributed by atoms with Crippen LogP contribution in [0.4, 0.5) is 5.95 Å². The van der Waals surface area contributed by atoms with Gasteiger partial charge in [0, 0.05) is 5.92 Å². The molecule has 0 radical (unpaired) electrons. The van der Waals surface area contributed by atoms with Crippen LogP contribution < -0.4 is 5.73 Å². The molecule has 2 N–H and O–H groups in total. The standard InChI is InChI=1S/C9H13N5/c1-5(2)8-12-6(3)7-4-11-9(10)13-14(7)8/h4-5H,1-3H3,(H2,10,13). The van der Waals surface area contributed by atoms with Crippen LogP contribution in [0.25, 0.3) is 5.52 Å². The van der Waals surface area contributed by atoms with E-state index in [4.69, 9.17) is 5.73 Å². The molecular formula is C9H13N5. The number of aromatic nitrogens is 4. The van der Waals surface area contributed by atoms with Gasteiger partial charge in [-0.05, 0) is 6.92 Å². The maximum Gasteiger partial charge on any atom is 0.238 e. The third-order valence-electron chi connectivity index (χ3n) is 2.14. The summed E-state index contributed by atoms with van der Waals surface area (Å²) in [5, 5.41) is 4.14. The van der Waals surface area contributed by atoms with Gasteiger partial charge in [-0.1, -0.05) is 13.8 Å². The van der Waals surface area contributed by atoms with E-state index in [1.807, 2.05) is 6.92 Å². The number of imidazole rings is 1. The van der Waals surface area contributed by atoms with E-state index >= 15 is 0 Å². The number of nitrogens with zero attached hydrogens (tertiary/aromatic N) is 4. The molecule has 0 atom stereocenters. The molecule has 0 fully saturated rings. The lowest BCUT2D eigenvalue weighted by Gasteiger charge is -2.02. The van der Waals surface area contributed by atoms with Gasteiger partial charge in [0.1, 0.15) is 11.3 Å². The Morgan fingerprint density at radius 1 is 1.43 bits per heavy atom. The second-order valence-electron chi connectivity index (χ2n) is 3.62. The molecule has 0 spiro atoms. The highest BCUT2D eigenvalue weighted by Gasteiger charge is 2.12. The number of hydrogen-bond donors (Lipinski definition) is 1. The average Bonchev–Trinajstić information content (AvgIpc) is 2.43. The van der Waals surface area contributed by atoms with Gasteiger partial charge in [0.2, 0.25) is 5.95 Å². The van der Waals surface area contributed by atoms with E-state index in [2.05, 4.69) is 28.9 Å². The van der Waals surface area contributed by atoms with E-state index in [0.717, 1.165) is 17.0 Å². The van der Waals surface area contributed by atoms with E-state index in [0.29, 0.717) is 5.92 Å². The lowest BCUT2D eigenvalue weighted by atomic mass is 10.2. The zero-order valence-electron chi connectivity index (χ0n) is 8.52. The molecule has 2 aromatic rings. The Morgan fingerprint density at radius 2 is 2.14 bits per heavy atom. The molecule has 0 aliphatic carbocycles. The average molecular weight is 191 g/mol. The Morgan fingerprint density at radius 3 is 2.79 bits per heavy atom. The van der Waals surface area contributed by atoms with E-state index in [1.165, 1.54) is 0 Å². The minimum atomic E-state index is 0.275. The van der Waals surface area contributed by atoms with Gasteiger partial charge in [0.05, 0.1) is 11.9 Å². The van der Waals surface area contributed by atoms with Crippen LogP contribution in [-0.4, -0.2) is 19.6 Å². The molecule has 5 heteroatoms. The van der Waals surface area contributed by atoms with Crippen LogP contribution in [-0.2, 0) is 0 Å². The lowest BCUT2D eigenvalue weighted by Crippen LogP contribution is -2.04. The third kappa shape index (κ3) is 1.21. The van der Waals surface area contributed by atoms with Gasteiger partial charge in [-0.15, -0.1) is 5.10 Å². The van der Waals surface area contributed by atoms with Gasteiger partial charge < -0.3 is 5.73 Å². The maximum atomic E-state index is 5.53. The lowest BCUT2D eigenvalue weighted by molar-refractivity contribution is 0.723. The minimum absolute atomic E-state index is 0.275. The van der Waals surface area contributed by atoms with Crippen LogP contribution in [0, 0.1) is 6.92 Å². The van der Waals surface area contributed by atoms with Crippen molar-refractivity contribution < 1.29 is 0 Å². The molecule has 0 aromatic carbocycles. The van der Waals surface area contributed by atoms with Gasteiger partial charge in [-0.2, -0.15) is 0 Å². The number of nitrogen functional groups attached to an aromatic ring is 1. The van der Waals surface area contributed by atoms with Gasteiger partial charge in [-0.25, -0.2) is 14.5 Å². The Bertz CT molecular complexity index is 471. The summed E-state index contributed by atoms with van der Waals surface area (Å²) in [4.78, 5) is 8.38. The summed E-state index contributed by atoms with van der Waals surface area (Å²) in [6.07, 6.45) is 1.70. The SMILES string of the molecule is Cc1nc(C(C)C)n2nc(N)ncc12. The largest absolute Gasteiger partial charge is 0.367 e. The number of rotatable bonds is 1. The Kier molecular flexibility index (Phi) is 1.87. The highest BCUT2D eigenvalue weighted by Crippen LogP contribution is 2.17. The van der Waals surface area contributed by atoms with E-state index in [9.17, 15) is 0 Å². The number of hydrogen-bond acceptors (Lipinski definition) is 4. The topological polar surface area (TPSA) is 69.1 Å². The van der Waals surface area contributed by atoms with Crippen molar-refractivity contribution in [3.63, 3.8) is 0 Å². The normalized spacial score (nSPS) is 11.4. The number of nitrogens with two attached hydrogens (primary N) is 1. The van der Waals surface area contributed by atoms with Crippen molar-refractivity contribution in [1.29, 1.82) is 0 Å². The van der Waals surface area contributed by atoms with Crippen molar-refractivity contribution in [3.8, 4) is 0 Å². The van der Waals surface area contributed by atoms with E-state index in [-0.39, 0.29) is 5.95 Å². The summed E-state index contributed by atoms with van der Waals surface area (Å²) in [6, 6.07) is 0. The summed E-state index contributed by atoms with van der Waals surface area (Å²) in [7, 11) is 0. The molecule has 2 rings (SSSR count). The highest BCUT2D eigenvalue weighted by atomic mass is 15.3. The molecule has 0 bridgehead atoms. The summed E-state index contributed by atoms with van der Waals surface area (Å²) >= 11 is 0. The summed E-state index contributed by atoms with van der Waals surface area (Å²) < 4.78 is 1.77. The second kappa shape index (κ2) is 2.94. The van der Waals surface area contributed by atoms with Crippen molar-refractivity contribution in [2.45, 2.75) is 26.7 Å². The monoisotopic (exact) mass is 191 g/mol. The first-order chi connectivity index (χ1) is 6.59. The molecule has 5 nitrogen and oxygen atoms in total. The van der Waals surface area contributed by atoms with Crippen molar-refractivity contribution >= 4 is 11.5 Å². The molecule has 74 valence electrons. The number of aryl methyl sites for hydroxylation is 1. The Labute approximate surface area is 82.0 Å². The van der Waals surface area contributed by atoms with Crippen LogP contribution in [0.2, 0.25) is 0 Å². The van der Waals surface area contributed by atoms with Crippen LogP contribution in [0.1, 0.15) is 31.3 Å². The number of fused-ring (bicyclic) bond motifs is 1. The number of anilines is 1. The van der Waals surface area contributed by atoms with Crippen LogP contribution in [0.3, 0.4) is 0 Å². The summed E-state index contributed by atoms with van der Waals surface area (Å²) in [6.45, 7) is 6.10. The zero-order valence-corrected chi connectivity index (χ0v) is 8.52. The molecular weight excluding hydrogens is 178 g/mol. The maximum absolute atomic E-state index is 5.53. The highest BCUT2D eigenvalue weighted by molar-refractivity contribution is 5.50. The second-order valence-corrected chi connectivity index (χ2v) is 3.62. The van der Waals surface area contributed by atoms with Crippen molar-refractivity contribution in [2.24, 2.45) is 0 Å². The molecule has 2 aromatic heterocycles. The van der Waals surface area contributed by atoms with Crippen LogP contribution >= 0.6 is 0 Å². The Balaban J connectivity index is 2.79. The van der Waals surface area contributed by atoms with Crippen molar-refractivity contribution in [3.05, 3.63) is 17.7 Å². The quantitative estimate of drug-likeness (QED) is 0.733. The van der Waals surface area contributed by atoms with Crippen LogP contribution in [0.5, 0.6) is 0 Å². The predicted octanol–water partition coefficient (Wildman–Crippen LogP) is 1.14. The van der Waals surface area contributed by atoms with Gasteiger partial charge >= 0.3 is 0 Å². The van der Waals surface area contributed by atoms with Gasteiger partial charge in [0.25, 0.3) is 0 Å². The van der Waals surface area contributed by atoms with Gasteiger partial charge in [0.15, 0.2) is 0 Å². The molecule has 0 saturated heterocycles. The van der Waals surface area contributed by atoms with Crippen molar-refractivity contribution in [1.82, 2.24) is 19.6 Å². The van der Waals surface area contributed by atoms with Crippen molar-refractivity contribution in [2.75, 3.05) is 5.73 Å². The summed E-state index contributed by atoms with van der Waals surface area (Å²) in [5.74, 6) is 1.52. The first-order valence-corrected chi connectivity index (χ1v) is 4.57. The molecule has 14 heavy (non-hydrogen) atoms. The summed E-state index contributed by atoms with van der Waals surface area (Å²) in [5.41, 5.74) is 7.39. The molecule has 0 amide bonds. The van der Waals surface area contributed by atoms with Crippen LogP contribution in [0.15, 0.2) is 6.20 Å². The van der Waals surface area contributed by atoms with E-state index in [1.54, 1.807) is 10.7 Å². The molecule has 0 unspecified atom stereocenters. The van der Waals surface area contributed by atoms with Gasteiger partial charge in [-0.3, -0.25) is 0 Å². The molecule has 0 aliphatic heterocycles. The predicted molar refractivity (Wildman–Crippen MR) is 54.0 cm³/mol. The fourth-order valence-corrected chi connectivity index (χ4v) is 1.44. The first kappa shape index (κ1) is 8.93. The molecule has 0 saturated carbocycles. The minimum Gasteiger partial charge on any atom is -0.367 e. The molecule has 0 aliphatic rings. The fourth-order valence-electron chi connectivity index (χ4n) is 1.44. The zero-order chi connectivity index (χ0) is 10.3. The Hall–Kier alpha value is -1.65. The molecule has 2 heterocycles. The van der Waals surface area contributed by atoms with E-state index < -0.39 is 0 Å². The smallest absolute Gasteiger partial charge is 0.238 e. The fraction of sp³-hybridized carbons (Fsp3) is 0.444. The first-order valence-electron chi connectivity index (χ1n) is 4.57. The third-order valence-corrected chi connectivity index (χ3v) is 2.14.